The normalized spacial score (nSPS) is 11.6. The molecule has 0 saturated carbocycles. The van der Waals surface area contributed by atoms with Gasteiger partial charge in [-0.3, -0.25) is 0 Å². The van der Waals surface area contributed by atoms with E-state index in [0.717, 1.165) is 93.9 Å². The first-order valence-electron chi connectivity index (χ1n) is 18.7. The maximum absolute atomic E-state index is 6.51. The summed E-state index contributed by atoms with van der Waals surface area (Å²) in [6, 6.07) is 64.6. The van der Waals surface area contributed by atoms with E-state index in [1.165, 1.54) is 0 Å². The predicted octanol–water partition coefficient (Wildman–Crippen LogP) is 13.7. The first-order chi connectivity index (χ1) is 27.7. The first kappa shape index (κ1) is 31.9. The molecule has 11 rings (SSSR count). The lowest BCUT2D eigenvalue weighted by atomic mass is 9.92. The lowest BCUT2D eigenvalue weighted by Gasteiger charge is -2.11. The quantitative estimate of drug-likeness (QED) is 0.171. The molecule has 3 heterocycles. The lowest BCUT2D eigenvalue weighted by Crippen LogP contribution is -2.00. The summed E-state index contributed by atoms with van der Waals surface area (Å²) in [6.07, 6.45) is 0. The van der Waals surface area contributed by atoms with E-state index in [-0.39, 0.29) is 0 Å². The molecule has 8 aromatic carbocycles. The van der Waals surface area contributed by atoms with Gasteiger partial charge in [0.25, 0.3) is 0 Å². The van der Waals surface area contributed by atoms with E-state index in [1.807, 2.05) is 72.8 Å². The summed E-state index contributed by atoms with van der Waals surface area (Å²) in [5.41, 5.74) is 12.8. The van der Waals surface area contributed by atoms with Crippen LogP contribution in [-0.2, 0) is 0 Å². The predicted molar refractivity (Wildman–Crippen MR) is 227 cm³/mol. The second-order valence-electron chi connectivity index (χ2n) is 14.0. The van der Waals surface area contributed by atoms with Crippen molar-refractivity contribution in [1.29, 1.82) is 0 Å². The van der Waals surface area contributed by atoms with Crippen molar-refractivity contribution in [3.05, 3.63) is 188 Å². The number of nitrogens with zero attached hydrogens (tertiary/aromatic N) is 3. The Bertz CT molecular complexity index is 3200. The molecular weight excluding hydrogens is 687 g/mol. The first-order valence-corrected chi connectivity index (χ1v) is 18.7. The van der Waals surface area contributed by atoms with E-state index in [4.69, 9.17) is 23.8 Å². The van der Waals surface area contributed by atoms with E-state index in [1.54, 1.807) is 0 Å². The van der Waals surface area contributed by atoms with Gasteiger partial charge in [0.15, 0.2) is 17.5 Å². The molecule has 0 unspecified atom stereocenters. The molecule has 262 valence electrons. The fourth-order valence-electron chi connectivity index (χ4n) is 7.83. The fraction of sp³-hybridized carbons (Fsp3) is 0. The summed E-state index contributed by atoms with van der Waals surface area (Å²) in [5, 5.41) is 4.38. The van der Waals surface area contributed by atoms with Gasteiger partial charge in [-0.05, 0) is 64.2 Å². The molecule has 0 aliphatic carbocycles. The van der Waals surface area contributed by atoms with E-state index >= 15 is 0 Å². The highest BCUT2D eigenvalue weighted by atomic mass is 16.3. The third-order valence-electron chi connectivity index (χ3n) is 10.6. The van der Waals surface area contributed by atoms with Crippen LogP contribution in [0.25, 0.3) is 111 Å². The average molecular weight is 718 g/mol. The Labute approximate surface area is 322 Å². The lowest BCUT2D eigenvalue weighted by molar-refractivity contribution is 0.669. The molecular formula is C51H31N3O2. The van der Waals surface area contributed by atoms with Gasteiger partial charge >= 0.3 is 0 Å². The number of aromatic nitrogens is 3. The largest absolute Gasteiger partial charge is 0.456 e. The van der Waals surface area contributed by atoms with Crippen LogP contribution in [0, 0.1) is 0 Å². The average Bonchev–Trinajstić information content (AvgIpc) is 3.85. The monoisotopic (exact) mass is 717 g/mol. The van der Waals surface area contributed by atoms with Crippen LogP contribution in [-0.4, -0.2) is 15.0 Å². The van der Waals surface area contributed by atoms with E-state index < -0.39 is 0 Å². The Balaban J connectivity index is 0.975. The molecule has 0 bridgehead atoms. The Hall–Kier alpha value is -7.63. The van der Waals surface area contributed by atoms with Crippen LogP contribution in [0.4, 0.5) is 0 Å². The van der Waals surface area contributed by atoms with E-state index in [9.17, 15) is 0 Å². The van der Waals surface area contributed by atoms with Crippen LogP contribution in [0.15, 0.2) is 197 Å². The maximum Gasteiger partial charge on any atom is 0.164 e. The molecule has 5 heteroatoms. The number of benzene rings is 8. The van der Waals surface area contributed by atoms with Gasteiger partial charge in [0.1, 0.15) is 22.3 Å². The molecule has 0 saturated heterocycles. The van der Waals surface area contributed by atoms with Gasteiger partial charge in [-0.2, -0.15) is 0 Å². The molecule has 0 N–H and O–H groups in total. The van der Waals surface area contributed by atoms with Crippen molar-refractivity contribution < 1.29 is 8.83 Å². The molecule has 56 heavy (non-hydrogen) atoms. The third-order valence-corrected chi connectivity index (χ3v) is 10.6. The topological polar surface area (TPSA) is 65.0 Å². The van der Waals surface area contributed by atoms with Crippen LogP contribution in [0.5, 0.6) is 0 Å². The van der Waals surface area contributed by atoms with Crippen LogP contribution in [0.2, 0.25) is 0 Å². The Morgan fingerprint density at radius 3 is 1.59 bits per heavy atom. The van der Waals surface area contributed by atoms with Gasteiger partial charge in [0.2, 0.25) is 0 Å². The van der Waals surface area contributed by atoms with Crippen molar-refractivity contribution in [2.24, 2.45) is 0 Å². The third kappa shape index (κ3) is 5.45. The number of rotatable bonds is 6. The standard InChI is InChI=1S/C51H31N3O2/c1-3-13-32(14-4-1)49-52-50(33-15-5-2-6-16-33)54-51(53-49)37-18-11-17-34(29-37)35-25-27-41-44-30-36(26-28-46(44)55-47(41)31-35)38-19-7-8-20-39(38)42-22-12-23-43-40-21-9-10-24-45(40)56-48(42)43/h1-31H. The zero-order valence-electron chi connectivity index (χ0n) is 30.1. The van der Waals surface area contributed by atoms with Crippen LogP contribution in [0.3, 0.4) is 0 Å². The van der Waals surface area contributed by atoms with Crippen LogP contribution in [0.1, 0.15) is 0 Å². The summed E-state index contributed by atoms with van der Waals surface area (Å²) in [5.74, 6) is 1.89. The Morgan fingerprint density at radius 2 is 0.804 bits per heavy atom. The van der Waals surface area contributed by atoms with Crippen molar-refractivity contribution in [3.63, 3.8) is 0 Å². The number of hydrogen-bond donors (Lipinski definition) is 0. The van der Waals surface area contributed by atoms with Crippen molar-refractivity contribution >= 4 is 43.9 Å². The van der Waals surface area contributed by atoms with Crippen molar-refractivity contribution in [1.82, 2.24) is 15.0 Å². The molecule has 11 aromatic rings. The minimum absolute atomic E-state index is 0.619. The molecule has 0 aliphatic rings. The highest BCUT2D eigenvalue weighted by molar-refractivity contribution is 6.11. The molecule has 0 atom stereocenters. The van der Waals surface area contributed by atoms with Gasteiger partial charge in [0.05, 0.1) is 0 Å². The fourth-order valence-corrected chi connectivity index (χ4v) is 7.83. The molecule has 0 fully saturated rings. The summed E-state index contributed by atoms with van der Waals surface area (Å²) in [7, 11) is 0. The SMILES string of the molecule is c1ccc(-c2nc(-c3ccccc3)nc(-c3cccc(-c4ccc5c(c4)oc4ccc(-c6ccccc6-c6cccc7c6oc6ccccc67)cc45)c3)n2)cc1. The molecule has 3 aromatic heterocycles. The number of para-hydroxylation sites is 2. The van der Waals surface area contributed by atoms with Gasteiger partial charge < -0.3 is 8.83 Å². The van der Waals surface area contributed by atoms with E-state index in [0.29, 0.717) is 17.5 Å². The van der Waals surface area contributed by atoms with Crippen LogP contribution < -0.4 is 0 Å². The highest BCUT2D eigenvalue weighted by Crippen LogP contribution is 2.42. The van der Waals surface area contributed by atoms with Crippen LogP contribution >= 0.6 is 0 Å². The highest BCUT2D eigenvalue weighted by Gasteiger charge is 2.18. The summed E-state index contributed by atoms with van der Waals surface area (Å²) in [6.45, 7) is 0. The number of furan rings is 2. The van der Waals surface area contributed by atoms with Gasteiger partial charge in [-0.25, -0.2) is 15.0 Å². The zero-order chi connectivity index (χ0) is 37.0. The molecule has 5 nitrogen and oxygen atoms in total. The van der Waals surface area contributed by atoms with E-state index in [2.05, 4.69) is 115 Å². The Morgan fingerprint density at radius 1 is 0.268 bits per heavy atom. The summed E-state index contributed by atoms with van der Waals surface area (Å²) in [4.78, 5) is 14.8. The maximum atomic E-state index is 6.51. The van der Waals surface area contributed by atoms with Gasteiger partial charge in [0, 0.05) is 43.8 Å². The summed E-state index contributed by atoms with van der Waals surface area (Å²) < 4.78 is 13.0. The van der Waals surface area contributed by atoms with Crippen molar-refractivity contribution in [2.45, 2.75) is 0 Å². The number of hydrogen-bond acceptors (Lipinski definition) is 5. The molecule has 0 amide bonds. The Kier molecular flexibility index (Phi) is 7.42. The second-order valence-corrected chi connectivity index (χ2v) is 14.0. The minimum Gasteiger partial charge on any atom is -0.456 e. The van der Waals surface area contributed by atoms with Crippen molar-refractivity contribution in [3.8, 4) is 67.5 Å². The number of fused-ring (bicyclic) bond motifs is 6. The molecule has 0 aliphatic heterocycles. The smallest absolute Gasteiger partial charge is 0.164 e. The minimum atomic E-state index is 0.619. The van der Waals surface area contributed by atoms with Crippen molar-refractivity contribution in [2.75, 3.05) is 0 Å². The second kappa shape index (κ2) is 13.0. The van der Waals surface area contributed by atoms with Gasteiger partial charge in [-0.15, -0.1) is 0 Å². The van der Waals surface area contributed by atoms with Gasteiger partial charge in [-0.1, -0.05) is 152 Å². The zero-order valence-corrected chi connectivity index (χ0v) is 30.1. The molecule has 0 spiro atoms. The summed E-state index contributed by atoms with van der Waals surface area (Å²) >= 11 is 0. The molecule has 0 radical (unpaired) electrons.